The molecule has 1 aliphatic heterocycles. The van der Waals surface area contributed by atoms with Crippen molar-refractivity contribution < 1.29 is 9.13 Å². The second-order valence-corrected chi connectivity index (χ2v) is 7.06. The van der Waals surface area contributed by atoms with Crippen LogP contribution in [0.15, 0.2) is 29.3 Å². The lowest BCUT2D eigenvalue weighted by molar-refractivity contribution is 0.195. The number of hydrogen-bond acceptors (Lipinski definition) is 5. The third-order valence-electron chi connectivity index (χ3n) is 5.13. The maximum absolute atomic E-state index is 14.1. The van der Waals surface area contributed by atoms with Gasteiger partial charge in [0.1, 0.15) is 18.2 Å². The number of ether oxygens (including phenoxy) is 1. The van der Waals surface area contributed by atoms with E-state index >= 15 is 0 Å². The molecule has 1 fully saturated rings. The predicted octanol–water partition coefficient (Wildman–Crippen LogP) is 1.57. The molecule has 1 N–H and O–H groups in total. The molecule has 1 saturated heterocycles. The van der Waals surface area contributed by atoms with E-state index in [9.17, 15) is 4.39 Å². The summed E-state index contributed by atoms with van der Waals surface area (Å²) in [5.41, 5.74) is 0.660. The SMILES string of the molecule is COCCCNC(=NCc1nnc(C)n1C)N1CCN(c2ccccc2F)CC1. The highest BCUT2D eigenvalue weighted by molar-refractivity contribution is 5.80. The molecule has 2 aromatic rings. The molecule has 3 rings (SSSR count). The summed E-state index contributed by atoms with van der Waals surface area (Å²) in [5.74, 6) is 2.35. The molecule has 0 spiro atoms. The summed E-state index contributed by atoms with van der Waals surface area (Å²) in [6, 6.07) is 6.93. The van der Waals surface area contributed by atoms with E-state index < -0.39 is 0 Å². The van der Waals surface area contributed by atoms with Gasteiger partial charge >= 0.3 is 0 Å². The monoisotopic (exact) mass is 403 g/mol. The first-order valence-electron chi connectivity index (χ1n) is 9.96. The number of para-hydroxylation sites is 1. The zero-order valence-corrected chi connectivity index (χ0v) is 17.4. The number of benzene rings is 1. The molecule has 158 valence electrons. The smallest absolute Gasteiger partial charge is 0.194 e. The van der Waals surface area contributed by atoms with Crippen LogP contribution in [0.4, 0.5) is 10.1 Å². The van der Waals surface area contributed by atoms with Crippen LogP contribution in [0.25, 0.3) is 0 Å². The van der Waals surface area contributed by atoms with E-state index in [4.69, 9.17) is 9.73 Å². The fourth-order valence-electron chi connectivity index (χ4n) is 3.29. The van der Waals surface area contributed by atoms with Crippen LogP contribution in [0.2, 0.25) is 0 Å². The molecule has 0 atom stereocenters. The Balaban J connectivity index is 1.65. The van der Waals surface area contributed by atoms with E-state index in [1.54, 1.807) is 13.2 Å². The van der Waals surface area contributed by atoms with Gasteiger partial charge in [-0.3, -0.25) is 0 Å². The number of nitrogens with zero attached hydrogens (tertiary/aromatic N) is 6. The van der Waals surface area contributed by atoms with Crippen molar-refractivity contribution in [2.24, 2.45) is 12.0 Å². The number of aliphatic imine (C=N–C) groups is 1. The highest BCUT2D eigenvalue weighted by Gasteiger charge is 2.21. The molecular formula is C20H30FN7O. The van der Waals surface area contributed by atoms with Gasteiger partial charge in [-0.15, -0.1) is 10.2 Å². The molecule has 1 aromatic heterocycles. The first kappa shape index (κ1) is 21.0. The fourth-order valence-corrected chi connectivity index (χ4v) is 3.29. The van der Waals surface area contributed by atoms with Crippen LogP contribution in [0.3, 0.4) is 0 Å². The van der Waals surface area contributed by atoms with Crippen molar-refractivity contribution in [3.63, 3.8) is 0 Å². The zero-order chi connectivity index (χ0) is 20.6. The van der Waals surface area contributed by atoms with Gasteiger partial charge in [-0.25, -0.2) is 9.38 Å². The van der Waals surface area contributed by atoms with E-state index in [0.29, 0.717) is 18.8 Å². The predicted molar refractivity (Wildman–Crippen MR) is 112 cm³/mol. The second-order valence-electron chi connectivity index (χ2n) is 7.06. The number of aromatic nitrogens is 3. The Morgan fingerprint density at radius 3 is 2.62 bits per heavy atom. The number of rotatable bonds is 7. The van der Waals surface area contributed by atoms with Crippen LogP contribution in [0.1, 0.15) is 18.1 Å². The largest absolute Gasteiger partial charge is 0.385 e. The van der Waals surface area contributed by atoms with E-state index in [1.807, 2.05) is 30.7 Å². The Labute approximate surface area is 171 Å². The van der Waals surface area contributed by atoms with Gasteiger partial charge in [-0.1, -0.05) is 12.1 Å². The molecule has 0 aliphatic carbocycles. The minimum Gasteiger partial charge on any atom is -0.385 e. The van der Waals surface area contributed by atoms with Gasteiger partial charge in [0.15, 0.2) is 11.8 Å². The van der Waals surface area contributed by atoms with Crippen molar-refractivity contribution in [3.8, 4) is 0 Å². The zero-order valence-electron chi connectivity index (χ0n) is 17.4. The molecule has 9 heteroatoms. The van der Waals surface area contributed by atoms with Crippen molar-refractivity contribution in [2.75, 3.05) is 51.3 Å². The van der Waals surface area contributed by atoms with Crippen LogP contribution >= 0.6 is 0 Å². The average molecular weight is 404 g/mol. The Morgan fingerprint density at radius 1 is 1.21 bits per heavy atom. The summed E-state index contributed by atoms with van der Waals surface area (Å²) in [4.78, 5) is 9.08. The van der Waals surface area contributed by atoms with Gasteiger partial charge in [0, 0.05) is 53.5 Å². The van der Waals surface area contributed by atoms with Gasteiger partial charge in [0.25, 0.3) is 0 Å². The summed E-state index contributed by atoms with van der Waals surface area (Å²) in [7, 11) is 3.65. The molecule has 1 aromatic carbocycles. The number of methoxy groups -OCH3 is 1. The lowest BCUT2D eigenvalue weighted by atomic mass is 10.2. The Morgan fingerprint density at radius 2 is 1.97 bits per heavy atom. The second kappa shape index (κ2) is 10.2. The normalized spacial score (nSPS) is 15.1. The van der Waals surface area contributed by atoms with E-state index in [2.05, 4.69) is 25.3 Å². The first-order chi connectivity index (χ1) is 14.1. The first-order valence-corrected chi connectivity index (χ1v) is 9.96. The van der Waals surface area contributed by atoms with E-state index in [-0.39, 0.29) is 5.82 Å². The number of anilines is 1. The van der Waals surface area contributed by atoms with Gasteiger partial charge in [0.2, 0.25) is 0 Å². The number of nitrogens with one attached hydrogen (secondary N) is 1. The summed E-state index contributed by atoms with van der Waals surface area (Å²) in [6.07, 6.45) is 0.897. The summed E-state index contributed by atoms with van der Waals surface area (Å²) in [6.45, 7) is 6.86. The third kappa shape index (κ3) is 5.44. The average Bonchev–Trinajstić information content (AvgIpc) is 3.06. The van der Waals surface area contributed by atoms with Crippen LogP contribution in [-0.2, 0) is 18.3 Å². The molecule has 8 nitrogen and oxygen atoms in total. The molecule has 0 unspecified atom stereocenters. The van der Waals surface area contributed by atoms with Crippen LogP contribution in [0.5, 0.6) is 0 Å². The number of guanidine groups is 1. The maximum Gasteiger partial charge on any atom is 0.194 e. The minimum absolute atomic E-state index is 0.176. The van der Waals surface area contributed by atoms with E-state index in [1.165, 1.54) is 6.07 Å². The molecule has 0 bridgehead atoms. The van der Waals surface area contributed by atoms with Crippen molar-refractivity contribution in [2.45, 2.75) is 19.9 Å². The Bertz CT molecular complexity index is 815. The number of halogens is 1. The van der Waals surface area contributed by atoms with Crippen LogP contribution < -0.4 is 10.2 Å². The Kier molecular flexibility index (Phi) is 7.40. The molecule has 1 aliphatic rings. The van der Waals surface area contributed by atoms with E-state index in [0.717, 1.165) is 56.8 Å². The standard InChI is InChI=1S/C20H30FN7O/c1-16-24-25-19(26(16)2)15-23-20(22-9-6-14-29-3)28-12-10-27(11-13-28)18-8-5-4-7-17(18)21/h4-5,7-8H,6,9-15H2,1-3H3,(H,22,23). The van der Waals surface area contributed by atoms with Crippen molar-refractivity contribution in [3.05, 3.63) is 41.7 Å². The molecule has 2 heterocycles. The number of hydrogen-bond donors (Lipinski definition) is 1. The molecular weight excluding hydrogens is 373 g/mol. The highest BCUT2D eigenvalue weighted by Crippen LogP contribution is 2.20. The van der Waals surface area contributed by atoms with Gasteiger partial charge < -0.3 is 24.4 Å². The molecule has 0 radical (unpaired) electrons. The highest BCUT2D eigenvalue weighted by atomic mass is 19.1. The maximum atomic E-state index is 14.1. The summed E-state index contributed by atoms with van der Waals surface area (Å²) in [5, 5.41) is 11.7. The van der Waals surface area contributed by atoms with Gasteiger partial charge in [-0.2, -0.15) is 0 Å². The summed E-state index contributed by atoms with van der Waals surface area (Å²) < 4.78 is 21.2. The van der Waals surface area contributed by atoms with Crippen LogP contribution in [0, 0.1) is 12.7 Å². The minimum atomic E-state index is -0.176. The van der Waals surface area contributed by atoms with Crippen molar-refractivity contribution in [1.29, 1.82) is 0 Å². The van der Waals surface area contributed by atoms with Crippen LogP contribution in [-0.4, -0.2) is 72.1 Å². The quantitative estimate of drug-likeness (QED) is 0.430. The molecule has 0 saturated carbocycles. The summed E-state index contributed by atoms with van der Waals surface area (Å²) >= 11 is 0. The third-order valence-corrected chi connectivity index (χ3v) is 5.13. The topological polar surface area (TPSA) is 70.8 Å². The van der Waals surface area contributed by atoms with Crippen molar-refractivity contribution in [1.82, 2.24) is 25.0 Å². The van der Waals surface area contributed by atoms with Gasteiger partial charge in [-0.05, 0) is 25.5 Å². The number of aryl methyl sites for hydroxylation is 1. The van der Waals surface area contributed by atoms with Gasteiger partial charge in [0.05, 0.1) is 5.69 Å². The Hall–Kier alpha value is -2.68. The molecule has 29 heavy (non-hydrogen) atoms. The lowest BCUT2D eigenvalue weighted by Crippen LogP contribution is -2.53. The fraction of sp³-hybridized carbons (Fsp3) is 0.550. The number of piperazine rings is 1. The lowest BCUT2D eigenvalue weighted by Gasteiger charge is -2.37. The van der Waals surface area contributed by atoms with Crippen molar-refractivity contribution >= 4 is 11.6 Å². The molecule has 0 amide bonds.